The normalized spacial score (nSPS) is 14.5. The lowest BCUT2D eigenvalue weighted by Gasteiger charge is -2.32. The van der Waals surface area contributed by atoms with Crippen molar-refractivity contribution in [2.45, 2.75) is 26.3 Å². The first-order valence-corrected chi connectivity index (χ1v) is 10.6. The quantitative estimate of drug-likeness (QED) is 0.653. The fraction of sp³-hybridized carbons (Fsp3) is 0.292. The number of aromatic nitrogens is 2. The number of anilines is 1. The lowest BCUT2D eigenvalue weighted by atomic mass is 9.95. The van der Waals surface area contributed by atoms with E-state index < -0.39 is 0 Å². The Morgan fingerprint density at radius 1 is 1.10 bits per heavy atom. The van der Waals surface area contributed by atoms with Crippen LogP contribution in [0, 0.1) is 12.8 Å². The summed E-state index contributed by atoms with van der Waals surface area (Å²) in [4.78, 5) is 23.7. The number of halogens is 1. The summed E-state index contributed by atoms with van der Waals surface area (Å²) < 4.78 is 0. The number of hydrogen-bond donors (Lipinski definition) is 1. The average Bonchev–Trinajstić information content (AvgIpc) is 2.79. The van der Waals surface area contributed by atoms with Crippen LogP contribution >= 0.6 is 11.6 Å². The van der Waals surface area contributed by atoms with Crippen LogP contribution in [0.15, 0.2) is 60.9 Å². The van der Waals surface area contributed by atoms with Crippen LogP contribution in [-0.2, 0) is 11.3 Å². The maximum atomic E-state index is 12.6. The van der Waals surface area contributed by atoms with Gasteiger partial charge in [-0.2, -0.15) is 0 Å². The van der Waals surface area contributed by atoms with E-state index >= 15 is 0 Å². The summed E-state index contributed by atoms with van der Waals surface area (Å²) in [6.45, 7) is 4.14. The second kappa shape index (κ2) is 9.26. The molecule has 0 atom stereocenters. The number of nitrogens with zero attached hydrogens (tertiary/aromatic N) is 3. The molecule has 154 valence electrons. The number of nitrogens with one attached hydrogen (secondary N) is 1. The lowest BCUT2D eigenvalue weighted by molar-refractivity contribution is -0.125. The minimum atomic E-state index is 0.0159. The van der Waals surface area contributed by atoms with Crippen LogP contribution in [-0.4, -0.2) is 29.0 Å². The van der Waals surface area contributed by atoms with Crippen LogP contribution < -0.4 is 10.2 Å². The third-order valence-corrected chi connectivity index (χ3v) is 5.97. The number of aryl methyl sites for hydroxylation is 1. The van der Waals surface area contributed by atoms with E-state index in [9.17, 15) is 4.79 Å². The van der Waals surface area contributed by atoms with Gasteiger partial charge in [0.05, 0.1) is 5.69 Å². The minimum absolute atomic E-state index is 0.0159. The standard InChI is InChI=1S/C24H25ClN4O/c1-17-6-8-18(9-7-17)22-14-23(28-16-27-22)29-12-10-19(11-13-29)24(30)26-15-20-4-2-3-5-21(20)25/h2-9,14,16,19H,10-13,15H2,1H3,(H,26,30). The molecule has 3 aromatic rings. The fourth-order valence-electron chi connectivity index (χ4n) is 3.74. The van der Waals surface area contributed by atoms with Crippen molar-refractivity contribution in [3.05, 3.63) is 77.1 Å². The Hall–Kier alpha value is -2.92. The highest BCUT2D eigenvalue weighted by atomic mass is 35.5. The molecule has 1 saturated heterocycles. The topological polar surface area (TPSA) is 58.1 Å². The van der Waals surface area contributed by atoms with Gasteiger partial charge in [-0.3, -0.25) is 4.79 Å². The van der Waals surface area contributed by atoms with E-state index in [1.807, 2.05) is 30.3 Å². The van der Waals surface area contributed by atoms with Crippen molar-refractivity contribution in [1.82, 2.24) is 15.3 Å². The summed E-state index contributed by atoms with van der Waals surface area (Å²) in [6, 6.07) is 18.0. The molecule has 0 unspecified atom stereocenters. The highest BCUT2D eigenvalue weighted by Gasteiger charge is 2.25. The van der Waals surface area contributed by atoms with Gasteiger partial charge in [0.15, 0.2) is 0 Å². The van der Waals surface area contributed by atoms with Crippen molar-refractivity contribution in [3.63, 3.8) is 0 Å². The van der Waals surface area contributed by atoms with Crippen molar-refractivity contribution in [2.75, 3.05) is 18.0 Å². The molecule has 1 fully saturated rings. The van der Waals surface area contributed by atoms with Gasteiger partial charge in [-0.25, -0.2) is 9.97 Å². The highest BCUT2D eigenvalue weighted by molar-refractivity contribution is 6.31. The molecule has 1 aliphatic rings. The van der Waals surface area contributed by atoms with Crippen LogP contribution in [0.5, 0.6) is 0 Å². The van der Waals surface area contributed by atoms with E-state index in [1.165, 1.54) is 5.56 Å². The largest absolute Gasteiger partial charge is 0.356 e. The lowest BCUT2D eigenvalue weighted by Crippen LogP contribution is -2.40. The highest BCUT2D eigenvalue weighted by Crippen LogP contribution is 2.25. The molecule has 1 aliphatic heterocycles. The van der Waals surface area contributed by atoms with Gasteiger partial charge in [0.1, 0.15) is 12.1 Å². The molecule has 4 rings (SSSR count). The summed E-state index contributed by atoms with van der Waals surface area (Å²) in [5.41, 5.74) is 4.16. The fourth-order valence-corrected chi connectivity index (χ4v) is 3.94. The number of benzene rings is 2. The summed E-state index contributed by atoms with van der Waals surface area (Å²) in [5.74, 6) is 1.02. The molecule has 2 aromatic carbocycles. The van der Waals surface area contributed by atoms with E-state index in [4.69, 9.17) is 11.6 Å². The molecule has 1 amide bonds. The molecule has 6 heteroatoms. The molecular weight excluding hydrogens is 396 g/mol. The van der Waals surface area contributed by atoms with Gasteiger partial charge in [-0.15, -0.1) is 0 Å². The number of piperidine rings is 1. The Morgan fingerprint density at radius 3 is 2.57 bits per heavy atom. The Labute approximate surface area is 182 Å². The predicted octanol–water partition coefficient (Wildman–Crippen LogP) is 4.64. The van der Waals surface area contributed by atoms with E-state index in [0.29, 0.717) is 11.6 Å². The Morgan fingerprint density at radius 2 is 1.83 bits per heavy atom. The van der Waals surface area contributed by atoms with Gasteiger partial charge in [0, 0.05) is 42.2 Å². The molecule has 30 heavy (non-hydrogen) atoms. The van der Waals surface area contributed by atoms with E-state index in [1.54, 1.807) is 6.33 Å². The van der Waals surface area contributed by atoms with Crippen LogP contribution in [0.4, 0.5) is 5.82 Å². The van der Waals surface area contributed by atoms with Crippen LogP contribution in [0.1, 0.15) is 24.0 Å². The summed E-state index contributed by atoms with van der Waals surface area (Å²) in [5, 5.41) is 3.71. The maximum absolute atomic E-state index is 12.6. The van der Waals surface area contributed by atoms with Crippen molar-refractivity contribution >= 4 is 23.3 Å². The third kappa shape index (κ3) is 4.79. The van der Waals surface area contributed by atoms with Crippen molar-refractivity contribution in [2.24, 2.45) is 5.92 Å². The van der Waals surface area contributed by atoms with Gasteiger partial charge in [-0.1, -0.05) is 59.6 Å². The number of amides is 1. The maximum Gasteiger partial charge on any atom is 0.223 e. The number of rotatable bonds is 5. The molecule has 1 aromatic heterocycles. The molecule has 0 radical (unpaired) electrons. The Kier molecular flexibility index (Phi) is 6.29. The first-order chi connectivity index (χ1) is 14.6. The number of carbonyl (C=O) groups excluding carboxylic acids is 1. The molecule has 5 nitrogen and oxygen atoms in total. The van der Waals surface area contributed by atoms with Gasteiger partial charge in [0.2, 0.25) is 5.91 Å². The van der Waals surface area contributed by atoms with E-state index in [0.717, 1.165) is 48.6 Å². The second-order valence-electron chi connectivity index (χ2n) is 7.70. The van der Waals surface area contributed by atoms with Crippen LogP contribution in [0.2, 0.25) is 5.02 Å². The van der Waals surface area contributed by atoms with Crippen molar-refractivity contribution < 1.29 is 4.79 Å². The molecular formula is C24H25ClN4O. The monoisotopic (exact) mass is 420 g/mol. The molecule has 2 heterocycles. The minimum Gasteiger partial charge on any atom is -0.356 e. The average molecular weight is 421 g/mol. The summed E-state index contributed by atoms with van der Waals surface area (Å²) in [7, 11) is 0. The summed E-state index contributed by atoms with van der Waals surface area (Å²) in [6.07, 6.45) is 3.23. The zero-order valence-electron chi connectivity index (χ0n) is 17.0. The zero-order chi connectivity index (χ0) is 20.9. The molecule has 0 saturated carbocycles. The zero-order valence-corrected chi connectivity index (χ0v) is 17.8. The first kappa shape index (κ1) is 20.4. The van der Waals surface area contributed by atoms with Gasteiger partial charge < -0.3 is 10.2 Å². The third-order valence-electron chi connectivity index (χ3n) is 5.60. The van der Waals surface area contributed by atoms with Crippen molar-refractivity contribution in [3.8, 4) is 11.3 Å². The molecule has 1 N–H and O–H groups in total. The van der Waals surface area contributed by atoms with Gasteiger partial charge >= 0.3 is 0 Å². The molecule has 0 aliphatic carbocycles. The smallest absolute Gasteiger partial charge is 0.223 e. The van der Waals surface area contributed by atoms with Gasteiger partial charge in [0.25, 0.3) is 0 Å². The molecule has 0 bridgehead atoms. The van der Waals surface area contributed by atoms with E-state index in [-0.39, 0.29) is 11.8 Å². The molecule has 0 spiro atoms. The van der Waals surface area contributed by atoms with E-state index in [2.05, 4.69) is 51.4 Å². The second-order valence-corrected chi connectivity index (χ2v) is 8.11. The number of carbonyl (C=O) groups is 1. The van der Waals surface area contributed by atoms with Crippen LogP contribution in [0.3, 0.4) is 0 Å². The number of hydrogen-bond acceptors (Lipinski definition) is 4. The first-order valence-electron chi connectivity index (χ1n) is 10.3. The Balaban J connectivity index is 1.34. The SMILES string of the molecule is Cc1ccc(-c2cc(N3CCC(C(=O)NCc4ccccc4Cl)CC3)ncn2)cc1. The Bertz CT molecular complexity index is 1010. The van der Waals surface area contributed by atoms with Crippen molar-refractivity contribution in [1.29, 1.82) is 0 Å². The predicted molar refractivity (Wildman–Crippen MR) is 120 cm³/mol. The summed E-state index contributed by atoms with van der Waals surface area (Å²) >= 11 is 6.18. The van der Waals surface area contributed by atoms with Crippen LogP contribution in [0.25, 0.3) is 11.3 Å². The van der Waals surface area contributed by atoms with Gasteiger partial charge in [-0.05, 0) is 31.4 Å².